The second-order valence-electron chi connectivity index (χ2n) is 11.0. The minimum Gasteiger partial charge on any atom is -0.358 e. The highest BCUT2D eigenvalue weighted by Gasteiger charge is 2.52. The summed E-state index contributed by atoms with van der Waals surface area (Å²) in [5.41, 5.74) is 5.56. The van der Waals surface area contributed by atoms with E-state index in [1.165, 1.54) is 22.6 Å². The van der Waals surface area contributed by atoms with Gasteiger partial charge in [-0.2, -0.15) is 0 Å². The summed E-state index contributed by atoms with van der Waals surface area (Å²) in [7, 11) is 0. The highest BCUT2D eigenvalue weighted by Crippen LogP contribution is 2.53. The Morgan fingerprint density at radius 3 is 2.00 bits per heavy atom. The van der Waals surface area contributed by atoms with Crippen LogP contribution in [0.15, 0.2) is 127 Å². The molecule has 0 bridgehead atoms. The fourth-order valence-corrected chi connectivity index (χ4v) is 7.26. The van der Waals surface area contributed by atoms with E-state index in [1.54, 1.807) is 0 Å². The van der Waals surface area contributed by atoms with Crippen LogP contribution < -0.4 is 4.90 Å². The monoisotopic (exact) mass is 456 g/mol. The smallest absolute Gasteiger partial charge is 0.0631 e. The van der Waals surface area contributed by atoms with Gasteiger partial charge in [-0.05, 0) is 35.3 Å². The first-order chi connectivity index (χ1) is 17.1. The highest BCUT2D eigenvalue weighted by molar-refractivity contribution is 5.75. The van der Waals surface area contributed by atoms with Gasteiger partial charge in [0.15, 0.2) is 0 Å². The van der Waals surface area contributed by atoms with Gasteiger partial charge in [0.1, 0.15) is 0 Å². The molecule has 0 radical (unpaired) electrons. The molecular formula is C33H32N2. The van der Waals surface area contributed by atoms with Gasteiger partial charge in [-0.15, -0.1) is 0 Å². The van der Waals surface area contributed by atoms with Crippen LogP contribution in [0, 0.1) is 17.3 Å². The van der Waals surface area contributed by atoms with Crippen LogP contribution >= 0.6 is 0 Å². The molecule has 2 aromatic rings. The number of piperidine rings is 1. The molecule has 2 heteroatoms. The summed E-state index contributed by atoms with van der Waals surface area (Å²) < 4.78 is 0. The number of anilines is 2. The average molecular weight is 457 g/mol. The van der Waals surface area contributed by atoms with Gasteiger partial charge in [-0.25, -0.2) is 0 Å². The molecule has 6 unspecified atom stereocenters. The number of fused-ring (bicyclic) bond motifs is 5. The minimum atomic E-state index is 0.194. The molecule has 35 heavy (non-hydrogen) atoms. The second kappa shape index (κ2) is 7.75. The second-order valence-corrected chi connectivity index (χ2v) is 11.0. The molecule has 2 nitrogen and oxygen atoms in total. The van der Waals surface area contributed by atoms with Crippen LogP contribution in [0.5, 0.6) is 0 Å². The van der Waals surface area contributed by atoms with Crippen molar-refractivity contribution in [3.63, 3.8) is 0 Å². The van der Waals surface area contributed by atoms with Crippen molar-refractivity contribution in [1.82, 2.24) is 4.90 Å². The first-order valence-corrected chi connectivity index (χ1v) is 13.0. The van der Waals surface area contributed by atoms with Crippen LogP contribution in [0.3, 0.4) is 0 Å². The molecule has 7 rings (SSSR count). The van der Waals surface area contributed by atoms with E-state index in [4.69, 9.17) is 0 Å². The van der Waals surface area contributed by atoms with Crippen molar-refractivity contribution in [3.05, 3.63) is 133 Å². The molecule has 0 spiro atoms. The maximum atomic E-state index is 2.71. The minimum absolute atomic E-state index is 0.194. The lowest BCUT2D eigenvalue weighted by Crippen LogP contribution is -2.60. The van der Waals surface area contributed by atoms with E-state index in [2.05, 4.69) is 145 Å². The average Bonchev–Trinajstić information content (AvgIpc) is 3.23. The molecule has 0 N–H and O–H groups in total. The normalized spacial score (nSPS) is 33.1. The number of allylic oxidation sites excluding steroid dienone is 5. The number of rotatable bonds is 2. The standard InChI is InChI=1S/C33H32N2/c1-33(2)27-15-7-10-18-31(27)35(32-19-11-8-16-28(32)33)24-20-21-30-26(22-24)25-14-6-9-17-29(25)34(30)23-12-4-3-5-13-23/h3-22,26-28,30-32H,1-2H3. The zero-order valence-electron chi connectivity index (χ0n) is 20.4. The molecule has 1 saturated heterocycles. The van der Waals surface area contributed by atoms with E-state index < -0.39 is 0 Å². The number of para-hydroxylation sites is 2. The maximum absolute atomic E-state index is 2.71. The Hall–Kier alpha value is -3.52. The Morgan fingerprint density at radius 2 is 1.29 bits per heavy atom. The zero-order chi connectivity index (χ0) is 23.6. The lowest BCUT2D eigenvalue weighted by molar-refractivity contribution is 0.00207. The first-order valence-electron chi connectivity index (χ1n) is 13.0. The lowest BCUT2D eigenvalue weighted by atomic mass is 9.58. The number of nitrogens with zero attached hydrogens (tertiary/aromatic N) is 2. The number of likely N-dealkylation sites (tertiary alicyclic amines) is 1. The quantitative estimate of drug-likeness (QED) is 0.467. The Morgan fingerprint density at radius 1 is 0.657 bits per heavy atom. The summed E-state index contributed by atoms with van der Waals surface area (Å²) >= 11 is 0. The van der Waals surface area contributed by atoms with Gasteiger partial charge >= 0.3 is 0 Å². The van der Waals surface area contributed by atoms with Crippen molar-refractivity contribution >= 4 is 11.4 Å². The molecular weight excluding hydrogens is 424 g/mol. The van der Waals surface area contributed by atoms with Gasteiger partial charge in [0.05, 0.1) is 18.1 Å². The van der Waals surface area contributed by atoms with Crippen LogP contribution in [-0.2, 0) is 0 Å². The topological polar surface area (TPSA) is 6.48 Å². The van der Waals surface area contributed by atoms with E-state index in [1.807, 2.05) is 0 Å². The van der Waals surface area contributed by atoms with E-state index in [9.17, 15) is 0 Å². The van der Waals surface area contributed by atoms with Gasteiger partial charge in [-0.3, -0.25) is 0 Å². The Kier molecular flexibility index (Phi) is 4.61. The first kappa shape index (κ1) is 20.8. The maximum Gasteiger partial charge on any atom is 0.0631 e. The molecule has 6 atom stereocenters. The van der Waals surface area contributed by atoms with E-state index >= 15 is 0 Å². The third-order valence-electron chi connectivity index (χ3n) is 8.94. The number of benzene rings is 2. The summed E-state index contributed by atoms with van der Waals surface area (Å²) in [6, 6.07) is 20.8. The SMILES string of the molecule is CC1(C)C2C=CC=CC2N(C2=CC3c4ccccc4N(c4ccccc4)C3C=C2)C2C=CC=CC21. The zero-order valence-corrected chi connectivity index (χ0v) is 20.4. The highest BCUT2D eigenvalue weighted by atomic mass is 15.2. The van der Waals surface area contributed by atoms with Gasteiger partial charge in [0.25, 0.3) is 0 Å². The Bertz CT molecular complexity index is 1280. The number of hydrogen-bond donors (Lipinski definition) is 0. The molecule has 1 fully saturated rings. The molecule has 0 aromatic heterocycles. The molecule has 5 aliphatic rings. The van der Waals surface area contributed by atoms with Crippen LogP contribution in [-0.4, -0.2) is 23.0 Å². The Labute approximate surface area is 209 Å². The molecule has 2 aliphatic heterocycles. The fourth-order valence-electron chi connectivity index (χ4n) is 7.26. The van der Waals surface area contributed by atoms with Crippen molar-refractivity contribution in [3.8, 4) is 0 Å². The molecule has 0 saturated carbocycles. The van der Waals surface area contributed by atoms with Crippen LogP contribution in [0.25, 0.3) is 0 Å². The molecule has 2 heterocycles. The molecule has 3 aliphatic carbocycles. The van der Waals surface area contributed by atoms with Crippen molar-refractivity contribution in [2.45, 2.75) is 37.9 Å². The summed E-state index contributed by atoms with van der Waals surface area (Å²) in [5.74, 6) is 1.30. The van der Waals surface area contributed by atoms with Crippen molar-refractivity contribution in [1.29, 1.82) is 0 Å². The summed E-state index contributed by atoms with van der Waals surface area (Å²) in [6.07, 6.45) is 26.1. The van der Waals surface area contributed by atoms with Gasteiger partial charge in [0.2, 0.25) is 0 Å². The van der Waals surface area contributed by atoms with E-state index in [0.29, 0.717) is 35.9 Å². The van der Waals surface area contributed by atoms with Gasteiger partial charge in [0, 0.05) is 34.8 Å². The Balaban J connectivity index is 1.33. The van der Waals surface area contributed by atoms with Crippen molar-refractivity contribution in [2.24, 2.45) is 17.3 Å². The predicted octanol–water partition coefficient (Wildman–Crippen LogP) is 7.31. The van der Waals surface area contributed by atoms with Crippen LogP contribution in [0.2, 0.25) is 0 Å². The third kappa shape index (κ3) is 3.02. The lowest BCUT2D eigenvalue weighted by Gasteiger charge is -2.58. The predicted molar refractivity (Wildman–Crippen MR) is 146 cm³/mol. The van der Waals surface area contributed by atoms with Crippen molar-refractivity contribution in [2.75, 3.05) is 4.90 Å². The van der Waals surface area contributed by atoms with Crippen LogP contribution in [0.1, 0.15) is 25.3 Å². The van der Waals surface area contributed by atoms with E-state index in [-0.39, 0.29) is 5.41 Å². The van der Waals surface area contributed by atoms with Crippen molar-refractivity contribution < 1.29 is 0 Å². The largest absolute Gasteiger partial charge is 0.358 e. The fraction of sp³-hybridized carbons (Fsp3) is 0.273. The van der Waals surface area contributed by atoms with Gasteiger partial charge < -0.3 is 9.80 Å². The number of hydrogen-bond acceptors (Lipinski definition) is 2. The molecule has 0 amide bonds. The molecule has 174 valence electrons. The summed E-state index contributed by atoms with van der Waals surface area (Å²) in [4.78, 5) is 5.22. The van der Waals surface area contributed by atoms with Gasteiger partial charge in [-0.1, -0.05) is 111 Å². The summed E-state index contributed by atoms with van der Waals surface area (Å²) in [6.45, 7) is 4.91. The van der Waals surface area contributed by atoms with E-state index in [0.717, 1.165) is 0 Å². The third-order valence-corrected chi connectivity index (χ3v) is 8.94. The van der Waals surface area contributed by atoms with Crippen LogP contribution in [0.4, 0.5) is 11.4 Å². The molecule has 2 aromatic carbocycles. The summed E-state index contributed by atoms with van der Waals surface area (Å²) in [5, 5.41) is 0.